The summed E-state index contributed by atoms with van der Waals surface area (Å²) >= 11 is 0. The summed E-state index contributed by atoms with van der Waals surface area (Å²) in [6.07, 6.45) is 7.18. The minimum Gasteiger partial charge on any atom is -0.381 e. The third-order valence-corrected chi connectivity index (χ3v) is 4.83. The minimum absolute atomic E-state index is 0.0750. The molecule has 2 aliphatic rings. The standard InChI is InChI=1S/C18H23N5O3/c1-12-8-20-15(9-19-12)18(24)23-6-4-14(10-23)17-21-16(22-26-17)5-7-25-11-13-2-3-13/h8-9,13-14H,2-7,10-11H2,1H3. The van der Waals surface area contributed by atoms with Crippen molar-refractivity contribution in [1.29, 1.82) is 0 Å². The molecule has 0 radical (unpaired) electrons. The highest BCUT2D eigenvalue weighted by atomic mass is 16.5. The molecule has 8 heteroatoms. The first-order valence-electron chi connectivity index (χ1n) is 9.17. The molecule has 1 saturated heterocycles. The summed E-state index contributed by atoms with van der Waals surface area (Å²) in [6, 6.07) is 0. The lowest BCUT2D eigenvalue weighted by molar-refractivity contribution is 0.0783. The molecule has 4 rings (SSSR count). The Morgan fingerprint density at radius 2 is 2.19 bits per heavy atom. The van der Waals surface area contributed by atoms with Crippen LogP contribution in [-0.2, 0) is 11.2 Å². The molecule has 1 aliphatic heterocycles. The monoisotopic (exact) mass is 357 g/mol. The van der Waals surface area contributed by atoms with Crippen LogP contribution in [0.3, 0.4) is 0 Å². The highest BCUT2D eigenvalue weighted by Crippen LogP contribution is 2.29. The van der Waals surface area contributed by atoms with Gasteiger partial charge in [-0.3, -0.25) is 9.78 Å². The lowest BCUT2D eigenvalue weighted by atomic mass is 10.1. The van der Waals surface area contributed by atoms with Gasteiger partial charge in [0.15, 0.2) is 5.82 Å². The third-order valence-electron chi connectivity index (χ3n) is 4.83. The molecule has 0 spiro atoms. The minimum atomic E-state index is -0.104. The lowest BCUT2D eigenvalue weighted by Gasteiger charge is -2.14. The van der Waals surface area contributed by atoms with Crippen LogP contribution < -0.4 is 0 Å². The fraction of sp³-hybridized carbons (Fsp3) is 0.611. The molecule has 2 aromatic rings. The number of ether oxygens (including phenoxy) is 1. The van der Waals surface area contributed by atoms with Crippen molar-refractivity contribution in [3.63, 3.8) is 0 Å². The fourth-order valence-corrected chi connectivity index (χ4v) is 3.04. The maximum absolute atomic E-state index is 12.5. The van der Waals surface area contributed by atoms with Crippen LogP contribution in [0, 0.1) is 12.8 Å². The van der Waals surface area contributed by atoms with Gasteiger partial charge in [0.05, 0.1) is 24.4 Å². The van der Waals surface area contributed by atoms with Crippen LogP contribution in [0.25, 0.3) is 0 Å². The molecule has 2 fully saturated rings. The molecule has 138 valence electrons. The second-order valence-corrected chi connectivity index (χ2v) is 7.10. The molecule has 1 aliphatic carbocycles. The number of likely N-dealkylation sites (tertiary alicyclic amines) is 1. The molecule has 1 saturated carbocycles. The molecule has 0 N–H and O–H groups in total. The Morgan fingerprint density at radius 3 is 2.96 bits per heavy atom. The average molecular weight is 357 g/mol. The van der Waals surface area contributed by atoms with Crippen molar-refractivity contribution in [3.05, 3.63) is 35.5 Å². The molecule has 2 aromatic heterocycles. The van der Waals surface area contributed by atoms with Crippen LogP contribution in [0.4, 0.5) is 0 Å². The molecule has 8 nitrogen and oxygen atoms in total. The van der Waals surface area contributed by atoms with E-state index in [-0.39, 0.29) is 11.8 Å². The number of nitrogens with zero attached hydrogens (tertiary/aromatic N) is 5. The Morgan fingerprint density at radius 1 is 1.31 bits per heavy atom. The predicted molar refractivity (Wildman–Crippen MR) is 91.6 cm³/mol. The smallest absolute Gasteiger partial charge is 0.274 e. The van der Waals surface area contributed by atoms with Crippen LogP contribution in [0.2, 0.25) is 0 Å². The van der Waals surface area contributed by atoms with Crippen LogP contribution in [0.15, 0.2) is 16.9 Å². The number of carbonyl (C=O) groups is 1. The Hall–Kier alpha value is -2.35. The zero-order valence-corrected chi connectivity index (χ0v) is 14.9. The summed E-state index contributed by atoms with van der Waals surface area (Å²) in [5, 5.41) is 4.04. The van der Waals surface area contributed by atoms with Gasteiger partial charge in [0.25, 0.3) is 5.91 Å². The number of rotatable bonds is 7. The van der Waals surface area contributed by atoms with Crippen molar-refractivity contribution in [3.8, 4) is 0 Å². The highest BCUT2D eigenvalue weighted by Gasteiger charge is 2.32. The molecule has 1 atom stereocenters. The van der Waals surface area contributed by atoms with Gasteiger partial charge in [-0.15, -0.1) is 0 Å². The van der Waals surface area contributed by atoms with E-state index in [1.807, 2.05) is 6.92 Å². The van der Waals surface area contributed by atoms with E-state index >= 15 is 0 Å². The topological polar surface area (TPSA) is 94.2 Å². The van der Waals surface area contributed by atoms with Crippen molar-refractivity contribution in [1.82, 2.24) is 25.0 Å². The van der Waals surface area contributed by atoms with E-state index in [1.54, 1.807) is 11.1 Å². The number of hydrogen-bond donors (Lipinski definition) is 0. The summed E-state index contributed by atoms with van der Waals surface area (Å²) in [7, 11) is 0. The second-order valence-electron chi connectivity index (χ2n) is 7.10. The Kier molecular flexibility index (Phi) is 4.92. The first-order chi connectivity index (χ1) is 12.7. The van der Waals surface area contributed by atoms with Crippen LogP contribution >= 0.6 is 0 Å². The van der Waals surface area contributed by atoms with Gasteiger partial charge in [-0.1, -0.05) is 5.16 Å². The van der Waals surface area contributed by atoms with E-state index in [4.69, 9.17) is 9.26 Å². The van der Waals surface area contributed by atoms with Gasteiger partial charge in [-0.25, -0.2) is 4.98 Å². The highest BCUT2D eigenvalue weighted by molar-refractivity contribution is 5.92. The lowest BCUT2D eigenvalue weighted by Crippen LogP contribution is -2.29. The van der Waals surface area contributed by atoms with Crippen LogP contribution in [0.1, 0.15) is 53.1 Å². The average Bonchev–Trinajstić information content (AvgIpc) is 3.15. The summed E-state index contributed by atoms with van der Waals surface area (Å²) in [5.74, 6) is 2.01. The largest absolute Gasteiger partial charge is 0.381 e. The van der Waals surface area contributed by atoms with Gasteiger partial charge in [-0.05, 0) is 32.1 Å². The summed E-state index contributed by atoms with van der Waals surface area (Å²) in [5.41, 5.74) is 1.16. The summed E-state index contributed by atoms with van der Waals surface area (Å²) in [4.78, 5) is 27.1. The number of aromatic nitrogens is 4. The molecule has 3 heterocycles. The maximum atomic E-state index is 12.5. The van der Waals surface area contributed by atoms with Gasteiger partial charge in [0, 0.05) is 32.3 Å². The number of hydrogen-bond acceptors (Lipinski definition) is 7. The first-order valence-corrected chi connectivity index (χ1v) is 9.17. The Bertz CT molecular complexity index is 756. The van der Waals surface area contributed by atoms with E-state index in [9.17, 15) is 4.79 Å². The van der Waals surface area contributed by atoms with Crippen molar-refractivity contribution >= 4 is 5.91 Å². The van der Waals surface area contributed by atoms with E-state index in [1.165, 1.54) is 19.0 Å². The summed E-state index contributed by atoms with van der Waals surface area (Å²) < 4.78 is 11.0. The van der Waals surface area contributed by atoms with Crippen molar-refractivity contribution < 1.29 is 14.1 Å². The van der Waals surface area contributed by atoms with Gasteiger partial charge in [-0.2, -0.15) is 4.98 Å². The van der Waals surface area contributed by atoms with Crippen molar-refractivity contribution in [2.75, 3.05) is 26.3 Å². The SMILES string of the molecule is Cc1cnc(C(=O)N2CCC(c3nc(CCOCC4CC4)no3)C2)cn1. The van der Waals surface area contributed by atoms with Gasteiger partial charge in [0.1, 0.15) is 5.69 Å². The Labute approximate surface area is 152 Å². The number of carbonyl (C=O) groups excluding carboxylic acids is 1. The molecular weight excluding hydrogens is 334 g/mol. The second kappa shape index (κ2) is 7.49. The van der Waals surface area contributed by atoms with E-state index in [2.05, 4.69) is 20.1 Å². The van der Waals surface area contributed by atoms with Crippen molar-refractivity contribution in [2.45, 2.75) is 38.5 Å². The Balaban J connectivity index is 1.29. The molecular formula is C18H23N5O3. The van der Waals surface area contributed by atoms with E-state index in [0.717, 1.165) is 24.6 Å². The molecule has 26 heavy (non-hydrogen) atoms. The molecule has 0 bridgehead atoms. The van der Waals surface area contributed by atoms with E-state index in [0.29, 0.717) is 43.5 Å². The molecule has 0 aromatic carbocycles. The molecule has 1 amide bonds. The fourth-order valence-electron chi connectivity index (χ4n) is 3.04. The first kappa shape index (κ1) is 17.1. The quantitative estimate of drug-likeness (QED) is 0.697. The molecule has 1 unspecified atom stereocenters. The maximum Gasteiger partial charge on any atom is 0.274 e. The number of amides is 1. The van der Waals surface area contributed by atoms with Crippen LogP contribution in [-0.4, -0.2) is 57.2 Å². The van der Waals surface area contributed by atoms with Gasteiger partial charge in [0.2, 0.25) is 5.89 Å². The van der Waals surface area contributed by atoms with E-state index < -0.39 is 0 Å². The number of aryl methyl sites for hydroxylation is 1. The van der Waals surface area contributed by atoms with Gasteiger partial charge < -0.3 is 14.2 Å². The van der Waals surface area contributed by atoms with Crippen molar-refractivity contribution in [2.24, 2.45) is 5.92 Å². The van der Waals surface area contributed by atoms with Crippen LogP contribution in [0.5, 0.6) is 0 Å². The third kappa shape index (κ3) is 4.07. The summed E-state index contributed by atoms with van der Waals surface area (Å²) in [6.45, 7) is 4.52. The zero-order chi connectivity index (χ0) is 17.9. The van der Waals surface area contributed by atoms with Gasteiger partial charge >= 0.3 is 0 Å². The normalized spacial score (nSPS) is 19.9. The zero-order valence-electron chi connectivity index (χ0n) is 14.9. The predicted octanol–water partition coefficient (Wildman–Crippen LogP) is 1.77.